The number of halogens is 1. The fraction of sp³-hybridized carbons (Fsp3) is 0.571. The Morgan fingerprint density at radius 1 is 1.37 bits per heavy atom. The minimum Gasteiger partial charge on any atom is -0.491 e. The quantitative estimate of drug-likeness (QED) is 0.762. The highest BCUT2D eigenvalue weighted by Gasteiger charge is 2.07. The van der Waals surface area contributed by atoms with Gasteiger partial charge in [-0.05, 0) is 32.9 Å². The maximum absolute atomic E-state index is 13.6. The maximum Gasteiger partial charge on any atom is 0.167 e. The van der Waals surface area contributed by atoms with Gasteiger partial charge in [0.05, 0.1) is 25.4 Å². The highest BCUT2D eigenvalue weighted by molar-refractivity contribution is 5.47. The number of ether oxygens (including phenoxy) is 2. The van der Waals surface area contributed by atoms with Crippen LogP contribution in [0.4, 0.5) is 10.1 Å². The van der Waals surface area contributed by atoms with Gasteiger partial charge in [-0.1, -0.05) is 0 Å². The van der Waals surface area contributed by atoms with E-state index in [1.54, 1.807) is 19.1 Å². The molecule has 1 unspecified atom stereocenters. The van der Waals surface area contributed by atoms with Crippen LogP contribution in [-0.2, 0) is 4.74 Å². The molecule has 0 saturated heterocycles. The molecule has 0 amide bonds. The molecule has 1 atom stereocenters. The third-order valence-corrected chi connectivity index (χ3v) is 2.40. The van der Waals surface area contributed by atoms with E-state index in [0.29, 0.717) is 18.8 Å². The van der Waals surface area contributed by atoms with Gasteiger partial charge in [-0.15, -0.1) is 0 Å². The molecule has 1 aromatic carbocycles. The van der Waals surface area contributed by atoms with Gasteiger partial charge in [0.15, 0.2) is 11.6 Å². The number of hydrogen-bond acceptors (Lipinski definition) is 4. The van der Waals surface area contributed by atoms with Gasteiger partial charge in [0.1, 0.15) is 0 Å². The number of nitrogens with one attached hydrogen (secondary N) is 1. The Morgan fingerprint density at radius 3 is 2.68 bits per heavy atom. The molecule has 0 spiro atoms. The Hall–Kier alpha value is -1.33. The maximum atomic E-state index is 13.6. The van der Waals surface area contributed by atoms with Crippen LogP contribution >= 0.6 is 0 Å². The summed E-state index contributed by atoms with van der Waals surface area (Å²) in [4.78, 5) is 0. The van der Waals surface area contributed by atoms with Gasteiger partial charge in [0.25, 0.3) is 0 Å². The summed E-state index contributed by atoms with van der Waals surface area (Å²) in [7, 11) is 0. The van der Waals surface area contributed by atoms with E-state index < -0.39 is 11.9 Å². The van der Waals surface area contributed by atoms with Gasteiger partial charge >= 0.3 is 0 Å². The third-order valence-electron chi connectivity index (χ3n) is 2.40. The first kappa shape index (κ1) is 15.7. The molecule has 0 bridgehead atoms. The summed E-state index contributed by atoms with van der Waals surface area (Å²) < 4.78 is 24.0. The van der Waals surface area contributed by atoms with Crippen molar-refractivity contribution >= 4 is 5.69 Å². The number of aliphatic hydroxyl groups excluding tert-OH is 1. The normalized spacial score (nSPS) is 12.5. The van der Waals surface area contributed by atoms with Crippen LogP contribution in [0.3, 0.4) is 0 Å². The van der Waals surface area contributed by atoms with Gasteiger partial charge in [-0.25, -0.2) is 4.39 Å². The van der Waals surface area contributed by atoms with Gasteiger partial charge in [-0.2, -0.15) is 0 Å². The van der Waals surface area contributed by atoms with E-state index in [1.807, 2.05) is 13.8 Å². The molecule has 108 valence electrons. The molecule has 0 saturated carbocycles. The zero-order chi connectivity index (χ0) is 14.3. The van der Waals surface area contributed by atoms with Gasteiger partial charge in [0, 0.05) is 18.3 Å². The largest absolute Gasteiger partial charge is 0.491 e. The molecule has 0 radical (unpaired) electrons. The predicted octanol–water partition coefficient (Wildman–Crippen LogP) is 2.42. The average molecular weight is 271 g/mol. The van der Waals surface area contributed by atoms with Crippen molar-refractivity contribution in [2.24, 2.45) is 0 Å². The summed E-state index contributed by atoms with van der Waals surface area (Å²) in [5.74, 6) is -0.184. The first-order chi connectivity index (χ1) is 9.02. The second kappa shape index (κ2) is 7.96. The molecular weight excluding hydrogens is 249 g/mol. The zero-order valence-electron chi connectivity index (χ0n) is 11.6. The highest BCUT2D eigenvalue weighted by Crippen LogP contribution is 2.21. The molecule has 1 aromatic rings. The van der Waals surface area contributed by atoms with Crippen LogP contribution in [0.15, 0.2) is 18.2 Å². The van der Waals surface area contributed by atoms with Crippen molar-refractivity contribution in [3.63, 3.8) is 0 Å². The van der Waals surface area contributed by atoms with E-state index in [-0.39, 0.29) is 18.5 Å². The van der Waals surface area contributed by atoms with Crippen LogP contribution in [0.2, 0.25) is 0 Å². The fourth-order valence-electron chi connectivity index (χ4n) is 1.48. The SMILES string of the molecule is CCOc1ccc(NCC(O)COC(C)C)cc1F. The minimum absolute atomic E-state index is 0.0811. The van der Waals surface area contributed by atoms with E-state index in [0.717, 1.165) is 0 Å². The smallest absolute Gasteiger partial charge is 0.167 e. The van der Waals surface area contributed by atoms with Crippen molar-refractivity contribution in [1.82, 2.24) is 0 Å². The number of benzene rings is 1. The second-order valence-electron chi connectivity index (χ2n) is 4.50. The van der Waals surface area contributed by atoms with Gasteiger partial charge < -0.3 is 19.9 Å². The van der Waals surface area contributed by atoms with Crippen LogP contribution in [0.25, 0.3) is 0 Å². The van der Waals surface area contributed by atoms with Crippen molar-refractivity contribution in [3.05, 3.63) is 24.0 Å². The van der Waals surface area contributed by atoms with E-state index >= 15 is 0 Å². The van der Waals surface area contributed by atoms with E-state index in [2.05, 4.69) is 5.32 Å². The lowest BCUT2D eigenvalue weighted by atomic mass is 10.2. The summed E-state index contributed by atoms with van der Waals surface area (Å²) in [6.45, 7) is 6.60. The van der Waals surface area contributed by atoms with Crippen LogP contribution in [0, 0.1) is 5.82 Å². The van der Waals surface area contributed by atoms with Crippen molar-refractivity contribution < 1.29 is 19.0 Å². The van der Waals surface area contributed by atoms with Crippen molar-refractivity contribution in [3.8, 4) is 5.75 Å². The van der Waals surface area contributed by atoms with Crippen molar-refractivity contribution in [2.45, 2.75) is 33.0 Å². The number of hydrogen-bond donors (Lipinski definition) is 2. The van der Waals surface area contributed by atoms with E-state index in [9.17, 15) is 9.50 Å². The fourth-order valence-corrected chi connectivity index (χ4v) is 1.48. The van der Waals surface area contributed by atoms with Gasteiger partial charge in [0.2, 0.25) is 0 Å². The van der Waals surface area contributed by atoms with E-state index in [4.69, 9.17) is 9.47 Å². The third kappa shape index (κ3) is 5.89. The molecule has 5 heteroatoms. The predicted molar refractivity (Wildman–Crippen MR) is 73.2 cm³/mol. The molecule has 2 N–H and O–H groups in total. The minimum atomic E-state index is -0.628. The average Bonchev–Trinajstić information content (AvgIpc) is 2.37. The lowest BCUT2D eigenvalue weighted by Crippen LogP contribution is -2.26. The van der Waals surface area contributed by atoms with Crippen LogP contribution in [0.1, 0.15) is 20.8 Å². The highest BCUT2D eigenvalue weighted by atomic mass is 19.1. The molecule has 0 aliphatic rings. The molecule has 19 heavy (non-hydrogen) atoms. The summed E-state index contributed by atoms with van der Waals surface area (Å²) in [6.07, 6.45) is -0.547. The summed E-state index contributed by atoms with van der Waals surface area (Å²) in [6, 6.07) is 4.63. The van der Waals surface area contributed by atoms with E-state index in [1.165, 1.54) is 6.07 Å². The zero-order valence-corrected chi connectivity index (χ0v) is 11.6. The number of rotatable bonds is 8. The van der Waals surface area contributed by atoms with Crippen LogP contribution in [-0.4, -0.2) is 37.1 Å². The Balaban J connectivity index is 2.43. The molecule has 0 aliphatic carbocycles. The van der Waals surface area contributed by atoms with Crippen LogP contribution < -0.4 is 10.1 Å². The molecular formula is C14H22FNO3. The lowest BCUT2D eigenvalue weighted by molar-refractivity contribution is 0.0112. The summed E-state index contributed by atoms with van der Waals surface area (Å²) in [5.41, 5.74) is 0.601. The molecule has 4 nitrogen and oxygen atoms in total. The lowest BCUT2D eigenvalue weighted by Gasteiger charge is -2.15. The molecule has 0 aliphatic heterocycles. The Morgan fingerprint density at radius 2 is 2.11 bits per heavy atom. The van der Waals surface area contributed by atoms with Crippen LogP contribution in [0.5, 0.6) is 5.75 Å². The molecule has 1 rings (SSSR count). The van der Waals surface area contributed by atoms with Gasteiger partial charge in [-0.3, -0.25) is 0 Å². The second-order valence-corrected chi connectivity index (χ2v) is 4.50. The van der Waals surface area contributed by atoms with Crippen molar-refractivity contribution in [1.29, 1.82) is 0 Å². The first-order valence-corrected chi connectivity index (χ1v) is 6.48. The standard InChI is InChI=1S/C14H22FNO3/c1-4-18-14-6-5-11(7-13(14)15)16-8-12(17)9-19-10(2)3/h5-7,10,12,16-17H,4,8-9H2,1-3H3. The number of anilines is 1. The number of aliphatic hydroxyl groups is 1. The molecule has 0 fully saturated rings. The molecule has 0 aromatic heterocycles. The Kier molecular flexibility index (Phi) is 6.59. The summed E-state index contributed by atoms with van der Waals surface area (Å²) >= 11 is 0. The topological polar surface area (TPSA) is 50.7 Å². The Bertz CT molecular complexity index is 385. The monoisotopic (exact) mass is 271 g/mol. The van der Waals surface area contributed by atoms with Crippen molar-refractivity contribution in [2.75, 3.05) is 25.1 Å². The summed E-state index contributed by atoms with van der Waals surface area (Å²) in [5, 5.41) is 12.6. The molecule has 0 heterocycles. The Labute approximate surface area is 113 Å². The first-order valence-electron chi connectivity index (χ1n) is 6.48.